The molecule has 0 fully saturated rings. The number of nitrogens with zero attached hydrogens (tertiary/aromatic N) is 9. The second-order valence-corrected chi connectivity index (χ2v) is 6.90. The van der Waals surface area contributed by atoms with Gasteiger partial charge in [-0.1, -0.05) is 64.9 Å². The zero-order valence-electron chi connectivity index (χ0n) is 23.2. The molecule has 0 aliphatic heterocycles. The van der Waals surface area contributed by atoms with Crippen molar-refractivity contribution < 1.29 is 131 Å². The number of aryl methyl sites for hydroxylation is 6. The van der Waals surface area contributed by atoms with Crippen LogP contribution in [0.2, 0.25) is 0 Å². The molecule has 4 radical (unpaired) electrons. The van der Waals surface area contributed by atoms with Gasteiger partial charge in [0.05, 0.1) is 5.69 Å². The van der Waals surface area contributed by atoms with Crippen LogP contribution >= 0.6 is 0 Å². The molecule has 5 rings (SSSR count). The Morgan fingerprint density at radius 2 is 1.33 bits per heavy atom. The maximum Gasteiger partial charge on any atom is 0.0555 e. The quantitative estimate of drug-likeness (QED) is 0.218. The van der Waals surface area contributed by atoms with Gasteiger partial charge in [0.1, 0.15) is 0 Å². The summed E-state index contributed by atoms with van der Waals surface area (Å²) in [6.07, 6.45) is 21.6. The second kappa shape index (κ2) is 31.0. The van der Waals surface area contributed by atoms with Gasteiger partial charge in [0, 0.05) is 156 Å². The van der Waals surface area contributed by atoms with Crippen LogP contribution in [0.25, 0.3) is 0 Å². The number of hydrogen-bond acceptors (Lipinski definition) is 8. The van der Waals surface area contributed by atoms with Gasteiger partial charge in [-0.05, 0) is 13.3 Å². The number of aromatic nitrogens is 9. The van der Waals surface area contributed by atoms with Gasteiger partial charge in [0.25, 0.3) is 0 Å². The van der Waals surface area contributed by atoms with E-state index in [1.807, 2.05) is 46.8 Å². The minimum atomic E-state index is 0. The number of pyridine rings is 2. The maximum absolute atomic E-state index is 3.92. The topological polar surface area (TPSA) is 108 Å². The molecule has 5 aromatic heterocycles. The first-order valence-corrected chi connectivity index (χ1v) is 10.6. The van der Waals surface area contributed by atoms with Crippen molar-refractivity contribution in [3.05, 3.63) is 121 Å². The first-order valence-electron chi connectivity index (χ1n) is 10.6. The first kappa shape index (κ1) is 46.0. The molecule has 0 saturated carbocycles. The van der Waals surface area contributed by atoms with Crippen molar-refractivity contribution in [2.24, 2.45) is 7.05 Å². The molecule has 0 unspecified atom stereocenters. The Morgan fingerprint density at radius 3 is 1.56 bits per heavy atom. The minimum absolute atomic E-state index is 0. The van der Waals surface area contributed by atoms with E-state index in [2.05, 4.69) is 64.8 Å². The fourth-order valence-electron chi connectivity index (χ4n) is 1.93. The summed E-state index contributed by atoms with van der Waals surface area (Å²) in [6.45, 7) is 9.60. The van der Waals surface area contributed by atoms with Crippen LogP contribution in [0.5, 0.6) is 0 Å². The summed E-state index contributed by atoms with van der Waals surface area (Å²) in [4.78, 5) is 24.2. The Bertz CT molecular complexity index is 987. The van der Waals surface area contributed by atoms with Gasteiger partial charge in [0.2, 0.25) is 0 Å². The fourth-order valence-corrected chi connectivity index (χ4v) is 1.93. The molecule has 5 aromatic rings. The van der Waals surface area contributed by atoms with E-state index < -0.39 is 0 Å². The molecule has 0 spiro atoms. The Labute approximate surface area is 333 Å². The van der Waals surface area contributed by atoms with Crippen LogP contribution in [0.4, 0.5) is 0 Å². The Hall–Kier alpha value is 0.0156. The minimum Gasteiger partial charge on any atom is -0.394 e. The van der Waals surface area contributed by atoms with E-state index in [0.29, 0.717) is 0 Å². The summed E-state index contributed by atoms with van der Waals surface area (Å²) >= 11 is 0. The van der Waals surface area contributed by atoms with Gasteiger partial charge in [-0.2, -0.15) is 24.3 Å². The Morgan fingerprint density at radius 1 is 0.667 bits per heavy atom. The average Bonchev–Trinajstić information content (AvgIpc) is 3.25. The van der Waals surface area contributed by atoms with Crippen molar-refractivity contribution in [3.8, 4) is 0 Å². The largest absolute Gasteiger partial charge is 0.394 e. The smallest absolute Gasteiger partial charge is 0.0555 e. The summed E-state index contributed by atoms with van der Waals surface area (Å²) in [6, 6.07) is 8.63. The molecule has 0 saturated heterocycles. The predicted molar refractivity (Wildman–Crippen MR) is 133 cm³/mol. The Balaban J connectivity index is -0.000000191. The third-order valence-corrected chi connectivity index (χ3v) is 3.46. The van der Waals surface area contributed by atoms with Crippen molar-refractivity contribution in [2.75, 3.05) is 0 Å². The van der Waals surface area contributed by atoms with Gasteiger partial charge in [-0.3, -0.25) is 9.97 Å². The predicted octanol–water partition coefficient (Wildman–Crippen LogP) is 3.66. The van der Waals surface area contributed by atoms with Gasteiger partial charge >= 0.3 is 0 Å². The van der Waals surface area contributed by atoms with E-state index >= 15 is 0 Å². The van der Waals surface area contributed by atoms with Crippen LogP contribution in [-0.2, 0) is 138 Å². The summed E-state index contributed by atoms with van der Waals surface area (Å²) in [5.41, 5.74) is 4.94. The molecule has 13 heteroatoms. The van der Waals surface area contributed by atoms with E-state index in [0.717, 1.165) is 28.1 Å². The normalized spacial score (nSPS) is 7.95. The molecule has 39 heavy (non-hydrogen) atoms. The average molecular weight is 823 g/mol. The first-order chi connectivity index (χ1) is 16.9. The fraction of sp³-hybridized carbons (Fsp3) is 0.231. The number of hydrogen-bond donors (Lipinski definition) is 0. The molecule has 0 amide bonds. The SMILES string of the molecule is Cc1[c-]ccnc1.Cc1[c-]nccc1.Cc1[c-]ncnc1.Cc1[c-]nn(C)n1.Cc1cnccn1.[Y].[Y].[Y].[Y]. The Kier molecular flexibility index (Phi) is 36.5. The van der Waals surface area contributed by atoms with Crippen molar-refractivity contribution in [3.63, 3.8) is 0 Å². The third kappa shape index (κ3) is 29.3. The van der Waals surface area contributed by atoms with Crippen LogP contribution in [0, 0.1) is 59.3 Å². The molecule has 9 nitrogen and oxygen atoms in total. The molecular weight excluding hydrogens is 794 g/mol. The summed E-state index contributed by atoms with van der Waals surface area (Å²) in [5.74, 6) is 0. The van der Waals surface area contributed by atoms with Crippen molar-refractivity contribution in [1.29, 1.82) is 0 Å². The maximum atomic E-state index is 3.92. The van der Waals surface area contributed by atoms with Crippen LogP contribution in [-0.4, -0.2) is 44.9 Å². The van der Waals surface area contributed by atoms with Gasteiger partial charge in [0.15, 0.2) is 0 Å². The molecule has 0 atom stereocenters. The van der Waals surface area contributed by atoms with Gasteiger partial charge in [-0.15, -0.1) is 22.4 Å². The standard InChI is InChI=1S/2C6H6N.C5H5N2.C5H6N2.C4H6N3.4Y/c2*1-6-3-2-4-7-5-6;1-5-2-6-4-7-3-5;1-5-4-6-2-3-7-5;1-4-3-5-7(2)6-4;;;;/h2,4-5H,1H3;2-4H,1H3;2,4H,1H3;2-4H,1H3;1-2H3;;;;/q3*-1;;-1;;;;. The number of rotatable bonds is 0. The van der Waals surface area contributed by atoms with Crippen LogP contribution in [0.15, 0.2) is 67.9 Å². The van der Waals surface area contributed by atoms with E-state index in [-0.39, 0.29) is 131 Å². The molecule has 0 aliphatic carbocycles. The van der Waals surface area contributed by atoms with E-state index in [1.54, 1.807) is 56.5 Å². The van der Waals surface area contributed by atoms with Crippen LogP contribution in [0.3, 0.4) is 0 Å². The van der Waals surface area contributed by atoms with Gasteiger partial charge < -0.3 is 31.2 Å². The zero-order valence-corrected chi connectivity index (χ0v) is 34.5. The van der Waals surface area contributed by atoms with Crippen molar-refractivity contribution >= 4 is 0 Å². The van der Waals surface area contributed by atoms with Crippen molar-refractivity contribution in [1.82, 2.24) is 44.9 Å². The van der Waals surface area contributed by atoms with Crippen molar-refractivity contribution in [2.45, 2.75) is 34.6 Å². The van der Waals surface area contributed by atoms with Gasteiger partial charge in [-0.25, -0.2) is 9.90 Å². The molecule has 0 N–H and O–H groups in total. The van der Waals surface area contributed by atoms with Crippen LogP contribution < -0.4 is 0 Å². The van der Waals surface area contributed by atoms with E-state index in [4.69, 9.17) is 0 Å². The van der Waals surface area contributed by atoms with E-state index in [1.165, 1.54) is 11.1 Å². The van der Waals surface area contributed by atoms with E-state index in [9.17, 15) is 0 Å². The molecule has 0 bridgehead atoms. The third-order valence-electron chi connectivity index (χ3n) is 3.46. The second-order valence-electron chi connectivity index (χ2n) is 6.90. The molecule has 0 aliphatic rings. The summed E-state index contributed by atoms with van der Waals surface area (Å²) in [5, 5.41) is 7.56. The summed E-state index contributed by atoms with van der Waals surface area (Å²) in [7, 11) is 1.77. The molecular formula is C26H29N9Y4-4. The zero-order chi connectivity index (χ0) is 25.7. The van der Waals surface area contributed by atoms with Crippen LogP contribution in [0.1, 0.15) is 28.1 Å². The monoisotopic (exact) mass is 823 g/mol. The summed E-state index contributed by atoms with van der Waals surface area (Å²) < 4.78 is 0. The molecule has 194 valence electrons. The molecule has 0 aromatic carbocycles. The molecule has 5 heterocycles.